The molecule has 1 aromatic rings. The van der Waals surface area contributed by atoms with E-state index in [1.54, 1.807) is 23.9 Å². The summed E-state index contributed by atoms with van der Waals surface area (Å²) in [5, 5.41) is 9.21. The van der Waals surface area contributed by atoms with Crippen molar-refractivity contribution in [3.63, 3.8) is 0 Å². The molecule has 0 aliphatic rings. The summed E-state index contributed by atoms with van der Waals surface area (Å²) in [4.78, 5) is 16.4. The summed E-state index contributed by atoms with van der Waals surface area (Å²) in [7, 11) is 0. The molecule has 0 bridgehead atoms. The summed E-state index contributed by atoms with van der Waals surface area (Å²) >= 11 is 1.77. The zero-order valence-corrected chi connectivity index (χ0v) is 16.3. The van der Waals surface area contributed by atoms with E-state index in [1.165, 1.54) is 12.1 Å². The van der Waals surface area contributed by atoms with Crippen LogP contribution in [-0.4, -0.2) is 49.0 Å². The maximum Gasteiger partial charge on any atom is 0.224 e. The number of carbonyl (C=O) groups excluding carboxylic acids is 1. The summed E-state index contributed by atoms with van der Waals surface area (Å²) in [5.41, 5.74) is 0.666. The van der Waals surface area contributed by atoms with Crippen molar-refractivity contribution in [3.8, 4) is 0 Å². The first-order valence-electron chi connectivity index (χ1n) is 8.45. The Morgan fingerprint density at radius 3 is 2.60 bits per heavy atom. The molecule has 7 heteroatoms. The van der Waals surface area contributed by atoms with E-state index in [0.717, 1.165) is 12.5 Å². The molecule has 0 heterocycles. The smallest absolute Gasteiger partial charge is 0.224 e. The number of nitrogens with one attached hydrogen (secondary N) is 3. The van der Waals surface area contributed by atoms with Crippen molar-refractivity contribution in [1.29, 1.82) is 0 Å². The van der Waals surface area contributed by atoms with E-state index in [9.17, 15) is 9.18 Å². The van der Waals surface area contributed by atoms with Gasteiger partial charge in [0.05, 0.1) is 13.0 Å². The topological polar surface area (TPSA) is 65.5 Å². The van der Waals surface area contributed by atoms with Gasteiger partial charge in [0.25, 0.3) is 0 Å². The molecule has 1 rings (SSSR count). The Labute approximate surface area is 154 Å². The Kier molecular flexibility index (Phi) is 9.34. The van der Waals surface area contributed by atoms with Gasteiger partial charge in [-0.15, -0.1) is 0 Å². The van der Waals surface area contributed by atoms with Gasteiger partial charge in [-0.1, -0.05) is 12.1 Å². The largest absolute Gasteiger partial charge is 0.357 e. The number of carbonyl (C=O) groups is 1. The van der Waals surface area contributed by atoms with Gasteiger partial charge < -0.3 is 16.0 Å². The molecule has 3 N–H and O–H groups in total. The molecule has 0 aromatic heterocycles. The van der Waals surface area contributed by atoms with Crippen LogP contribution in [0.3, 0.4) is 0 Å². The molecule has 25 heavy (non-hydrogen) atoms. The third-order valence-corrected chi connectivity index (χ3v) is 4.74. The molecule has 1 amide bonds. The predicted molar refractivity (Wildman–Crippen MR) is 105 cm³/mol. The number of amides is 1. The van der Waals surface area contributed by atoms with Crippen LogP contribution in [0.1, 0.15) is 26.3 Å². The van der Waals surface area contributed by atoms with Crippen LogP contribution in [0, 0.1) is 5.82 Å². The molecule has 0 saturated heterocycles. The Bertz CT molecular complexity index is 578. The van der Waals surface area contributed by atoms with E-state index < -0.39 is 0 Å². The highest BCUT2D eigenvalue weighted by Crippen LogP contribution is 2.20. The maximum atomic E-state index is 13.1. The fourth-order valence-electron chi connectivity index (χ4n) is 1.95. The Hall–Kier alpha value is -1.76. The fraction of sp³-hybridized carbons (Fsp3) is 0.556. The predicted octanol–water partition coefficient (Wildman–Crippen LogP) is 2.18. The minimum absolute atomic E-state index is 0.0848. The van der Waals surface area contributed by atoms with Crippen molar-refractivity contribution in [2.45, 2.75) is 31.9 Å². The molecular weight excluding hydrogens is 339 g/mol. The number of hydrogen-bond donors (Lipinski definition) is 3. The molecule has 0 unspecified atom stereocenters. The van der Waals surface area contributed by atoms with Crippen LogP contribution >= 0.6 is 11.8 Å². The molecule has 0 aliphatic carbocycles. The highest BCUT2D eigenvalue weighted by atomic mass is 32.2. The van der Waals surface area contributed by atoms with E-state index in [-0.39, 0.29) is 22.9 Å². The molecule has 0 fully saturated rings. The lowest BCUT2D eigenvalue weighted by Crippen LogP contribution is -2.42. The summed E-state index contributed by atoms with van der Waals surface area (Å²) in [6.07, 6.45) is 2.25. The fourth-order valence-corrected chi connectivity index (χ4v) is 2.15. The number of thioether (sulfide) groups is 1. The SMILES string of the molecule is CCNC(=NCC(C)(C)SC)NCCNC(=O)Cc1cccc(F)c1. The maximum absolute atomic E-state index is 13.1. The first-order valence-corrected chi connectivity index (χ1v) is 9.67. The number of benzene rings is 1. The second-order valence-electron chi connectivity index (χ2n) is 6.24. The zero-order valence-electron chi connectivity index (χ0n) is 15.5. The number of guanidine groups is 1. The summed E-state index contributed by atoms with van der Waals surface area (Å²) in [6.45, 7) is 8.84. The lowest BCUT2D eigenvalue weighted by atomic mass is 10.1. The summed E-state index contributed by atoms with van der Waals surface area (Å²) in [5.74, 6) is 0.286. The third-order valence-electron chi connectivity index (χ3n) is 3.51. The van der Waals surface area contributed by atoms with E-state index in [4.69, 9.17) is 0 Å². The van der Waals surface area contributed by atoms with Crippen LogP contribution in [0.15, 0.2) is 29.3 Å². The van der Waals surface area contributed by atoms with E-state index >= 15 is 0 Å². The van der Waals surface area contributed by atoms with Crippen molar-refractivity contribution in [2.75, 3.05) is 32.4 Å². The molecule has 5 nitrogen and oxygen atoms in total. The first-order chi connectivity index (χ1) is 11.9. The van der Waals surface area contributed by atoms with E-state index in [2.05, 4.69) is 41.0 Å². The second kappa shape index (κ2) is 11.0. The van der Waals surface area contributed by atoms with Crippen molar-refractivity contribution < 1.29 is 9.18 Å². The van der Waals surface area contributed by atoms with E-state index in [1.807, 2.05) is 6.92 Å². The lowest BCUT2D eigenvalue weighted by Gasteiger charge is -2.20. The van der Waals surface area contributed by atoms with Crippen molar-refractivity contribution in [2.24, 2.45) is 4.99 Å². The normalized spacial score (nSPS) is 12.0. The van der Waals surface area contributed by atoms with Gasteiger partial charge in [-0.05, 0) is 44.7 Å². The molecule has 1 aromatic carbocycles. The number of aliphatic imine (C=N–C) groups is 1. The number of rotatable bonds is 9. The lowest BCUT2D eigenvalue weighted by molar-refractivity contribution is -0.120. The van der Waals surface area contributed by atoms with Gasteiger partial charge in [0.1, 0.15) is 5.82 Å². The minimum atomic E-state index is -0.327. The van der Waals surface area contributed by atoms with Crippen LogP contribution in [0.2, 0.25) is 0 Å². The molecule has 140 valence electrons. The van der Waals surface area contributed by atoms with Crippen LogP contribution in [0.5, 0.6) is 0 Å². The average Bonchev–Trinajstić information content (AvgIpc) is 2.56. The Morgan fingerprint density at radius 2 is 1.96 bits per heavy atom. The Morgan fingerprint density at radius 1 is 1.24 bits per heavy atom. The third kappa shape index (κ3) is 9.34. The minimum Gasteiger partial charge on any atom is -0.357 e. The van der Waals surface area contributed by atoms with Crippen LogP contribution in [-0.2, 0) is 11.2 Å². The van der Waals surface area contributed by atoms with Crippen LogP contribution in [0.25, 0.3) is 0 Å². The van der Waals surface area contributed by atoms with Crippen molar-refractivity contribution >= 4 is 23.6 Å². The molecule has 0 spiro atoms. The van der Waals surface area contributed by atoms with Gasteiger partial charge in [-0.2, -0.15) is 11.8 Å². The number of hydrogen-bond acceptors (Lipinski definition) is 3. The molecular formula is C18H29FN4OS. The number of halogens is 1. The van der Waals surface area contributed by atoms with Crippen LogP contribution < -0.4 is 16.0 Å². The molecule has 0 radical (unpaired) electrons. The summed E-state index contributed by atoms with van der Waals surface area (Å²) < 4.78 is 13.2. The second-order valence-corrected chi connectivity index (χ2v) is 7.76. The van der Waals surface area contributed by atoms with Crippen molar-refractivity contribution in [3.05, 3.63) is 35.6 Å². The highest BCUT2D eigenvalue weighted by Gasteiger charge is 2.15. The monoisotopic (exact) mass is 368 g/mol. The quantitative estimate of drug-likeness (QED) is 0.355. The number of nitrogens with zero attached hydrogens (tertiary/aromatic N) is 1. The van der Waals surface area contributed by atoms with Crippen LogP contribution in [0.4, 0.5) is 4.39 Å². The van der Waals surface area contributed by atoms with Gasteiger partial charge in [0.2, 0.25) is 5.91 Å². The average molecular weight is 369 g/mol. The molecule has 0 atom stereocenters. The molecule has 0 saturated carbocycles. The van der Waals surface area contributed by atoms with Gasteiger partial charge in [0.15, 0.2) is 5.96 Å². The molecule has 0 aliphatic heterocycles. The van der Waals surface area contributed by atoms with Gasteiger partial charge in [-0.25, -0.2) is 4.39 Å². The van der Waals surface area contributed by atoms with E-state index in [0.29, 0.717) is 25.2 Å². The zero-order chi connectivity index (χ0) is 18.7. The summed E-state index contributed by atoms with van der Waals surface area (Å²) in [6, 6.07) is 6.09. The first kappa shape index (κ1) is 21.3. The van der Waals surface area contributed by atoms with Crippen molar-refractivity contribution in [1.82, 2.24) is 16.0 Å². The Balaban J connectivity index is 2.35. The highest BCUT2D eigenvalue weighted by molar-refractivity contribution is 7.99. The van der Waals surface area contributed by atoms with Gasteiger partial charge >= 0.3 is 0 Å². The standard InChI is InChI=1S/C18H29FN4OS/c1-5-20-17(23-13-18(2,3)25-4)22-10-9-21-16(24)12-14-7-6-8-15(19)11-14/h6-8,11H,5,9-10,12-13H2,1-4H3,(H,21,24)(H2,20,22,23). The van der Waals surface area contributed by atoms with Gasteiger partial charge in [0, 0.05) is 24.4 Å². The van der Waals surface area contributed by atoms with Gasteiger partial charge in [-0.3, -0.25) is 9.79 Å².